The second kappa shape index (κ2) is 6.43. The number of aromatic nitrogens is 2. The Morgan fingerprint density at radius 3 is 2.79 bits per heavy atom. The first-order valence-electron chi connectivity index (χ1n) is 8.01. The van der Waals surface area contributed by atoms with Crippen molar-refractivity contribution in [2.75, 3.05) is 16.8 Å². The van der Waals surface area contributed by atoms with E-state index in [0.29, 0.717) is 29.7 Å². The van der Waals surface area contributed by atoms with Crippen LogP contribution >= 0.6 is 11.6 Å². The topological polar surface area (TPSA) is 71.3 Å². The SMILES string of the molecule is CC(C)(C)c1nc(CNc2cc(N3CCCC3=O)ccc2Cl)no1. The van der Waals surface area contributed by atoms with Crippen LogP contribution in [-0.4, -0.2) is 22.6 Å². The number of hydrogen-bond acceptors (Lipinski definition) is 5. The second-order valence-electron chi connectivity index (χ2n) is 6.93. The van der Waals surface area contributed by atoms with Gasteiger partial charge < -0.3 is 14.7 Å². The summed E-state index contributed by atoms with van der Waals surface area (Å²) in [6.45, 7) is 7.21. The predicted molar refractivity (Wildman–Crippen MR) is 93.4 cm³/mol. The highest BCUT2D eigenvalue weighted by molar-refractivity contribution is 6.33. The van der Waals surface area contributed by atoms with E-state index < -0.39 is 0 Å². The van der Waals surface area contributed by atoms with Crippen molar-refractivity contribution in [3.05, 3.63) is 34.9 Å². The third kappa shape index (κ3) is 3.53. The summed E-state index contributed by atoms with van der Waals surface area (Å²) in [4.78, 5) is 18.1. The van der Waals surface area contributed by atoms with E-state index in [1.165, 1.54) is 0 Å². The van der Waals surface area contributed by atoms with Gasteiger partial charge in [-0.05, 0) is 24.6 Å². The molecule has 2 aromatic rings. The number of amides is 1. The van der Waals surface area contributed by atoms with Crippen LogP contribution in [0.1, 0.15) is 45.3 Å². The van der Waals surface area contributed by atoms with Gasteiger partial charge in [-0.1, -0.05) is 37.5 Å². The quantitative estimate of drug-likeness (QED) is 0.910. The smallest absolute Gasteiger partial charge is 0.232 e. The van der Waals surface area contributed by atoms with E-state index in [4.69, 9.17) is 16.1 Å². The van der Waals surface area contributed by atoms with Gasteiger partial charge in [-0.2, -0.15) is 4.98 Å². The van der Waals surface area contributed by atoms with E-state index in [1.807, 2.05) is 32.9 Å². The Morgan fingerprint density at radius 1 is 1.38 bits per heavy atom. The lowest BCUT2D eigenvalue weighted by Gasteiger charge is -2.17. The van der Waals surface area contributed by atoms with Crippen molar-refractivity contribution >= 4 is 28.9 Å². The fourth-order valence-corrected chi connectivity index (χ4v) is 2.73. The molecule has 7 heteroatoms. The minimum absolute atomic E-state index is 0.149. The zero-order valence-corrected chi connectivity index (χ0v) is 14.9. The summed E-state index contributed by atoms with van der Waals surface area (Å²) in [5.74, 6) is 1.32. The van der Waals surface area contributed by atoms with E-state index in [-0.39, 0.29) is 11.3 Å². The van der Waals surface area contributed by atoms with Crippen molar-refractivity contribution in [3.63, 3.8) is 0 Å². The molecule has 1 aromatic heterocycles. The van der Waals surface area contributed by atoms with Gasteiger partial charge in [0.15, 0.2) is 5.82 Å². The maximum Gasteiger partial charge on any atom is 0.232 e. The largest absolute Gasteiger partial charge is 0.376 e. The molecular weight excluding hydrogens is 328 g/mol. The number of carbonyl (C=O) groups is 1. The molecule has 1 aliphatic rings. The number of halogens is 1. The standard InChI is InChI=1S/C17H21ClN4O2/c1-17(2,3)16-20-14(21-24-16)10-19-13-9-11(6-7-12(13)18)22-8-4-5-15(22)23/h6-7,9,19H,4-5,8,10H2,1-3H3. The van der Waals surface area contributed by atoms with Crippen LogP contribution in [0.25, 0.3) is 0 Å². The Hall–Kier alpha value is -2.08. The molecule has 0 atom stereocenters. The van der Waals surface area contributed by atoms with Crippen LogP contribution < -0.4 is 10.2 Å². The van der Waals surface area contributed by atoms with E-state index in [2.05, 4.69) is 15.5 Å². The van der Waals surface area contributed by atoms with E-state index in [1.54, 1.807) is 11.0 Å². The maximum atomic E-state index is 11.9. The van der Waals surface area contributed by atoms with Crippen LogP contribution in [-0.2, 0) is 16.8 Å². The molecule has 3 rings (SSSR count). The van der Waals surface area contributed by atoms with Gasteiger partial charge in [0.1, 0.15) is 0 Å². The summed E-state index contributed by atoms with van der Waals surface area (Å²) in [5.41, 5.74) is 1.42. The molecule has 2 heterocycles. The first kappa shape index (κ1) is 16.8. The lowest BCUT2D eigenvalue weighted by Crippen LogP contribution is -2.23. The molecule has 1 saturated heterocycles. The Kier molecular flexibility index (Phi) is 4.49. The lowest BCUT2D eigenvalue weighted by molar-refractivity contribution is -0.117. The highest BCUT2D eigenvalue weighted by Gasteiger charge is 2.23. The summed E-state index contributed by atoms with van der Waals surface area (Å²) in [5, 5.41) is 7.79. The number of rotatable bonds is 4. The molecular formula is C17H21ClN4O2. The van der Waals surface area contributed by atoms with Gasteiger partial charge in [-0.15, -0.1) is 0 Å². The third-order valence-corrected chi connectivity index (χ3v) is 4.21. The van der Waals surface area contributed by atoms with Crippen molar-refractivity contribution < 1.29 is 9.32 Å². The lowest BCUT2D eigenvalue weighted by atomic mass is 9.97. The number of carbonyl (C=O) groups excluding carboxylic acids is 1. The zero-order valence-electron chi connectivity index (χ0n) is 14.1. The molecule has 1 fully saturated rings. The fraction of sp³-hybridized carbons (Fsp3) is 0.471. The molecule has 1 N–H and O–H groups in total. The number of benzene rings is 1. The molecule has 1 aromatic carbocycles. The number of nitrogens with zero attached hydrogens (tertiary/aromatic N) is 3. The number of hydrogen-bond donors (Lipinski definition) is 1. The molecule has 0 unspecified atom stereocenters. The van der Waals surface area contributed by atoms with Crippen LogP contribution in [0.4, 0.5) is 11.4 Å². The van der Waals surface area contributed by atoms with Gasteiger partial charge in [0.2, 0.25) is 11.8 Å². The average molecular weight is 349 g/mol. The molecule has 1 amide bonds. The monoisotopic (exact) mass is 348 g/mol. The van der Waals surface area contributed by atoms with Crippen molar-refractivity contribution in [1.29, 1.82) is 0 Å². The van der Waals surface area contributed by atoms with Crippen LogP contribution in [0.5, 0.6) is 0 Å². The highest BCUT2D eigenvalue weighted by atomic mass is 35.5. The second-order valence-corrected chi connectivity index (χ2v) is 7.34. The van der Waals surface area contributed by atoms with E-state index in [9.17, 15) is 4.79 Å². The van der Waals surface area contributed by atoms with Crippen LogP contribution in [0.15, 0.2) is 22.7 Å². The molecule has 128 valence electrons. The van der Waals surface area contributed by atoms with Gasteiger partial charge in [0, 0.05) is 24.1 Å². The van der Waals surface area contributed by atoms with E-state index in [0.717, 1.165) is 24.3 Å². The molecule has 0 aliphatic carbocycles. The molecule has 6 nitrogen and oxygen atoms in total. The predicted octanol–water partition coefficient (Wildman–Crippen LogP) is 3.76. The third-order valence-electron chi connectivity index (χ3n) is 3.88. The highest BCUT2D eigenvalue weighted by Crippen LogP contribution is 2.30. The Labute approximate surface area is 146 Å². The normalized spacial score (nSPS) is 15.2. The van der Waals surface area contributed by atoms with Gasteiger partial charge in [-0.3, -0.25) is 4.79 Å². The van der Waals surface area contributed by atoms with Crippen LogP contribution in [0.2, 0.25) is 5.02 Å². The van der Waals surface area contributed by atoms with Crippen molar-refractivity contribution in [1.82, 2.24) is 10.1 Å². The van der Waals surface area contributed by atoms with Crippen molar-refractivity contribution in [2.24, 2.45) is 0 Å². The summed E-state index contributed by atoms with van der Waals surface area (Å²) < 4.78 is 5.28. The Balaban J connectivity index is 1.73. The minimum atomic E-state index is -0.182. The van der Waals surface area contributed by atoms with Crippen molar-refractivity contribution in [3.8, 4) is 0 Å². The number of nitrogens with one attached hydrogen (secondary N) is 1. The minimum Gasteiger partial charge on any atom is -0.376 e. The molecule has 1 aliphatic heterocycles. The fourth-order valence-electron chi connectivity index (χ4n) is 2.54. The molecule has 24 heavy (non-hydrogen) atoms. The van der Waals surface area contributed by atoms with Crippen LogP contribution in [0, 0.1) is 0 Å². The summed E-state index contributed by atoms with van der Waals surface area (Å²) in [6.07, 6.45) is 1.49. The Morgan fingerprint density at radius 2 is 2.17 bits per heavy atom. The summed E-state index contributed by atoms with van der Waals surface area (Å²) >= 11 is 6.25. The summed E-state index contributed by atoms with van der Waals surface area (Å²) in [6, 6.07) is 5.54. The number of anilines is 2. The average Bonchev–Trinajstić information content (AvgIpc) is 3.15. The maximum absolute atomic E-state index is 11.9. The van der Waals surface area contributed by atoms with E-state index >= 15 is 0 Å². The first-order chi connectivity index (χ1) is 11.3. The summed E-state index contributed by atoms with van der Waals surface area (Å²) in [7, 11) is 0. The first-order valence-corrected chi connectivity index (χ1v) is 8.39. The van der Waals surface area contributed by atoms with Gasteiger partial charge in [0.05, 0.1) is 17.3 Å². The molecule has 0 spiro atoms. The van der Waals surface area contributed by atoms with Gasteiger partial charge >= 0.3 is 0 Å². The van der Waals surface area contributed by atoms with Gasteiger partial charge in [0.25, 0.3) is 0 Å². The van der Waals surface area contributed by atoms with Crippen molar-refractivity contribution in [2.45, 2.75) is 45.6 Å². The van der Waals surface area contributed by atoms with Crippen LogP contribution in [0.3, 0.4) is 0 Å². The molecule has 0 saturated carbocycles. The van der Waals surface area contributed by atoms with Gasteiger partial charge in [-0.25, -0.2) is 0 Å². The molecule has 0 bridgehead atoms. The zero-order chi connectivity index (χ0) is 17.3. The Bertz CT molecular complexity index is 751. The molecule has 0 radical (unpaired) electrons.